The number of fused-ring (bicyclic) bond motifs is 1. The van der Waals surface area contributed by atoms with E-state index in [4.69, 9.17) is 15.7 Å². The third-order valence-corrected chi connectivity index (χ3v) is 6.91. The van der Waals surface area contributed by atoms with Crippen LogP contribution in [0.5, 0.6) is 17.2 Å². The molecule has 2 heterocycles. The zero-order chi connectivity index (χ0) is 30.0. The Balaban J connectivity index is 1.37. The van der Waals surface area contributed by atoms with Gasteiger partial charge >= 0.3 is 0 Å². The molecule has 1 atom stereocenters. The number of nitrogens with zero attached hydrogens (tertiary/aromatic N) is 1. The van der Waals surface area contributed by atoms with Gasteiger partial charge in [0.1, 0.15) is 23.4 Å². The van der Waals surface area contributed by atoms with Crippen LogP contribution in [-0.2, 0) is 0 Å². The molecule has 5 rings (SSSR count). The molecule has 0 aliphatic carbocycles. The van der Waals surface area contributed by atoms with E-state index in [0.29, 0.717) is 5.75 Å². The van der Waals surface area contributed by atoms with Gasteiger partial charge < -0.3 is 19.8 Å². The van der Waals surface area contributed by atoms with E-state index in [0.717, 1.165) is 37.6 Å². The number of thioether (sulfide) groups is 1. The van der Waals surface area contributed by atoms with Crippen molar-refractivity contribution in [3.8, 4) is 17.2 Å². The highest BCUT2D eigenvalue weighted by molar-refractivity contribution is 8.00. The number of hydrogen-bond donors (Lipinski definition) is 2. The second-order valence-corrected chi connectivity index (χ2v) is 9.32. The topological polar surface area (TPSA) is 52.9 Å². The first-order valence-corrected chi connectivity index (χ1v) is 11.4. The van der Waals surface area contributed by atoms with Crippen molar-refractivity contribution in [1.29, 1.82) is 0 Å². The highest BCUT2D eigenvalue weighted by atomic mass is 32.2. The second kappa shape index (κ2) is 9.16. The molecule has 0 saturated carbocycles. The van der Waals surface area contributed by atoms with E-state index in [1.807, 2.05) is 43.3 Å². The standard InChI is InChI=1S/C28H29NO3S/c1-3-14-29-16-24(17-29)33-23-11-6-20(7-12-23)28-27(19-4-8-21(30)9-5-19)18(2)25-13-10-22(31)15-26(25)32-28/h4-13,15,24,28,30-31H,3,14,16-17H2,1-2H3/i1D3,3D2,14D2,24D. The van der Waals surface area contributed by atoms with Gasteiger partial charge in [-0.05, 0) is 72.9 Å². The zero-order valence-electron chi connectivity index (χ0n) is 26.0. The molecule has 5 heteroatoms. The Morgan fingerprint density at radius 1 is 1.06 bits per heavy atom. The lowest BCUT2D eigenvalue weighted by molar-refractivity contribution is 0.191. The van der Waals surface area contributed by atoms with E-state index < -0.39 is 31.1 Å². The van der Waals surface area contributed by atoms with E-state index in [-0.39, 0.29) is 24.6 Å². The van der Waals surface area contributed by atoms with E-state index >= 15 is 0 Å². The molecule has 0 spiro atoms. The van der Waals surface area contributed by atoms with Gasteiger partial charge in [0.15, 0.2) is 0 Å². The number of rotatable bonds is 6. The average molecular weight is 468 g/mol. The van der Waals surface area contributed by atoms with Gasteiger partial charge in [-0.2, -0.15) is 0 Å². The summed E-state index contributed by atoms with van der Waals surface area (Å²) in [6, 6.07) is 19.3. The Bertz CT molecular complexity index is 1480. The predicted octanol–water partition coefficient (Wildman–Crippen LogP) is 6.35. The van der Waals surface area contributed by atoms with Crippen molar-refractivity contribution >= 4 is 22.9 Å². The molecule has 1 unspecified atom stereocenters. The van der Waals surface area contributed by atoms with Crippen molar-refractivity contribution in [2.75, 3.05) is 19.6 Å². The number of likely N-dealkylation sites (tertiary alicyclic amines) is 1. The Morgan fingerprint density at radius 3 is 2.52 bits per heavy atom. The fourth-order valence-corrected chi connectivity index (χ4v) is 5.22. The molecule has 4 nitrogen and oxygen atoms in total. The summed E-state index contributed by atoms with van der Waals surface area (Å²) in [5.74, 6) is 0.773. The van der Waals surface area contributed by atoms with Gasteiger partial charge in [-0.15, -0.1) is 11.8 Å². The number of allylic oxidation sites excluding steroid dienone is 1. The van der Waals surface area contributed by atoms with Crippen molar-refractivity contribution in [2.45, 2.75) is 36.4 Å². The third-order valence-electron chi connectivity index (χ3n) is 5.85. The van der Waals surface area contributed by atoms with Crippen LogP contribution in [0.2, 0.25) is 0 Å². The smallest absolute Gasteiger partial charge is 0.150 e. The minimum Gasteiger partial charge on any atom is -0.508 e. The fraction of sp³-hybridized carbons (Fsp3) is 0.286. The van der Waals surface area contributed by atoms with Crippen LogP contribution in [0, 0.1) is 0 Å². The first-order chi connectivity index (χ1) is 19.0. The van der Waals surface area contributed by atoms with Crippen LogP contribution in [0.25, 0.3) is 11.1 Å². The van der Waals surface area contributed by atoms with Gasteiger partial charge in [-0.1, -0.05) is 31.1 Å². The molecular formula is C28H29NO3S. The second-order valence-electron chi connectivity index (χ2n) is 8.07. The molecule has 33 heavy (non-hydrogen) atoms. The van der Waals surface area contributed by atoms with Crippen LogP contribution in [0.1, 0.15) is 53.9 Å². The normalized spacial score (nSPS) is 24.3. The number of phenolic OH excluding ortho intramolecular Hbond substituents is 2. The molecule has 3 aromatic carbocycles. The van der Waals surface area contributed by atoms with E-state index in [1.165, 1.54) is 11.8 Å². The van der Waals surface area contributed by atoms with Crippen molar-refractivity contribution in [2.24, 2.45) is 0 Å². The molecule has 0 radical (unpaired) electrons. The van der Waals surface area contributed by atoms with E-state index in [1.54, 1.807) is 30.3 Å². The predicted molar refractivity (Wildman–Crippen MR) is 135 cm³/mol. The molecular weight excluding hydrogens is 430 g/mol. The lowest BCUT2D eigenvalue weighted by Crippen LogP contribution is -2.48. The number of benzene rings is 3. The van der Waals surface area contributed by atoms with Crippen molar-refractivity contribution in [3.63, 3.8) is 0 Å². The summed E-state index contributed by atoms with van der Waals surface area (Å²) in [5, 5.41) is 18.7. The molecule has 0 bridgehead atoms. The van der Waals surface area contributed by atoms with Crippen molar-refractivity contribution in [1.82, 2.24) is 4.90 Å². The largest absolute Gasteiger partial charge is 0.508 e. The number of hydrogen-bond acceptors (Lipinski definition) is 5. The minimum atomic E-state index is -3.15. The first-order valence-electron chi connectivity index (χ1n) is 14.6. The van der Waals surface area contributed by atoms with Crippen molar-refractivity contribution in [3.05, 3.63) is 83.4 Å². The third kappa shape index (κ3) is 4.48. The van der Waals surface area contributed by atoms with Crippen LogP contribution in [0.3, 0.4) is 0 Å². The molecule has 1 fully saturated rings. The Labute approximate surface area is 210 Å². The van der Waals surface area contributed by atoms with Crippen LogP contribution in [0.15, 0.2) is 71.6 Å². The van der Waals surface area contributed by atoms with Crippen LogP contribution >= 0.6 is 11.8 Å². The van der Waals surface area contributed by atoms with Gasteiger partial charge in [0, 0.05) is 51.4 Å². The highest BCUT2D eigenvalue weighted by Crippen LogP contribution is 2.47. The summed E-state index contributed by atoms with van der Waals surface area (Å²) < 4.78 is 69.3. The highest BCUT2D eigenvalue weighted by Gasteiger charge is 2.30. The average Bonchev–Trinajstić information content (AvgIpc) is 2.87. The molecule has 2 aliphatic heterocycles. The molecule has 1 saturated heterocycles. The monoisotopic (exact) mass is 467 g/mol. The minimum absolute atomic E-state index is 0.0849. The number of aromatic hydroxyl groups is 2. The molecule has 2 N–H and O–H groups in total. The fourth-order valence-electron chi connectivity index (χ4n) is 4.17. The molecule has 2 aliphatic rings. The van der Waals surface area contributed by atoms with Gasteiger partial charge in [0.25, 0.3) is 0 Å². The van der Waals surface area contributed by atoms with Gasteiger partial charge in [0.05, 0.1) is 0 Å². The van der Waals surface area contributed by atoms with E-state index in [2.05, 4.69) is 0 Å². The van der Waals surface area contributed by atoms with Gasteiger partial charge in [0.2, 0.25) is 0 Å². The van der Waals surface area contributed by atoms with Crippen LogP contribution in [0.4, 0.5) is 0 Å². The van der Waals surface area contributed by atoms with E-state index in [9.17, 15) is 10.2 Å². The molecule has 0 amide bonds. The maximum atomic E-state index is 10.1. The lowest BCUT2D eigenvalue weighted by Gasteiger charge is -2.38. The van der Waals surface area contributed by atoms with Gasteiger partial charge in [-0.25, -0.2) is 0 Å². The zero-order valence-corrected chi connectivity index (χ0v) is 18.8. The molecule has 3 aromatic rings. The summed E-state index contributed by atoms with van der Waals surface area (Å²) >= 11 is 1.20. The summed E-state index contributed by atoms with van der Waals surface area (Å²) in [6.45, 7) is -4.20. The van der Waals surface area contributed by atoms with Crippen molar-refractivity contribution < 1.29 is 25.9 Å². The number of phenols is 2. The first kappa shape index (κ1) is 14.4. The summed E-state index contributed by atoms with van der Waals surface area (Å²) in [5.41, 5.74) is 4.41. The van der Waals surface area contributed by atoms with Crippen LogP contribution < -0.4 is 4.74 Å². The summed E-state index contributed by atoms with van der Waals surface area (Å²) in [7, 11) is 0. The van der Waals surface area contributed by atoms with Crippen LogP contribution in [-0.4, -0.2) is 39.9 Å². The Hall–Kier alpha value is -2.89. The molecule has 170 valence electrons. The Kier molecular flexibility index (Phi) is 3.99. The maximum Gasteiger partial charge on any atom is 0.150 e. The quantitative estimate of drug-likeness (QED) is 0.442. The SMILES string of the molecule is [2H]C1(Sc2ccc(C3Oc4cc(O)ccc4C(C)=C3c3ccc(O)cc3)cc2)CN(C([2H])([2H])C([2H])([2H])C([2H])([2H])[2H])C1. The van der Waals surface area contributed by atoms with Gasteiger partial charge in [-0.3, -0.25) is 0 Å². The lowest BCUT2D eigenvalue weighted by atomic mass is 9.86. The number of ether oxygens (including phenoxy) is 1. The molecule has 0 aromatic heterocycles. The summed E-state index contributed by atoms with van der Waals surface area (Å²) in [6.07, 6.45) is -3.62. The Morgan fingerprint density at radius 2 is 1.79 bits per heavy atom. The summed E-state index contributed by atoms with van der Waals surface area (Å²) in [4.78, 5) is 1.80. The maximum absolute atomic E-state index is 10.1.